The van der Waals surface area contributed by atoms with Crippen molar-refractivity contribution < 1.29 is 0 Å². The van der Waals surface area contributed by atoms with Crippen LogP contribution in [0.4, 0.5) is 0 Å². The molecule has 2 nitrogen and oxygen atoms in total. The lowest BCUT2D eigenvalue weighted by Crippen LogP contribution is -2.33. The standard InChI is InChI=1S/C17H28N2/c1-13(2)7-4-8-14(3)19-16-11-5-9-15-10-6-12-18-17(15)16/h6,10,12-14,16,19H,4-5,7-9,11H2,1-3H3. The molecule has 1 aromatic rings. The van der Waals surface area contributed by atoms with Gasteiger partial charge in [0.05, 0.1) is 5.69 Å². The summed E-state index contributed by atoms with van der Waals surface area (Å²) in [6, 6.07) is 5.36. The molecule has 2 rings (SSSR count). The van der Waals surface area contributed by atoms with E-state index < -0.39 is 0 Å². The predicted molar refractivity (Wildman–Crippen MR) is 81.2 cm³/mol. The van der Waals surface area contributed by atoms with Crippen molar-refractivity contribution >= 4 is 0 Å². The highest BCUT2D eigenvalue weighted by Gasteiger charge is 2.22. The summed E-state index contributed by atoms with van der Waals surface area (Å²) < 4.78 is 0. The quantitative estimate of drug-likeness (QED) is 0.826. The molecule has 0 saturated heterocycles. The molecule has 1 heterocycles. The van der Waals surface area contributed by atoms with Gasteiger partial charge in [-0.2, -0.15) is 0 Å². The zero-order chi connectivity index (χ0) is 13.7. The Hall–Kier alpha value is -0.890. The van der Waals surface area contributed by atoms with Crippen molar-refractivity contribution in [2.24, 2.45) is 5.92 Å². The summed E-state index contributed by atoms with van der Waals surface area (Å²) in [5, 5.41) is 3.79. The third-order valence-corrected chi connectivity index (χ3v) is 4.10. The normalized spacial score (nSPS) is 20.3. The molecule has 19 heavy (non-hydrogen) atoms. The fourth-order valence-electron chi connectivity index (χ4n) is 3.03. The van der Waals surface area contributed by atoms with Gasteiger partial charge in [0.2, 0.25) is 0 Å². The van der Waals surface area contributed by atoms with Crippen molar-refractivity contribution in [3.05, 3.63) is 29.6 Å². The topological polar surface area (TPSA) is 24.9 Å². The molecule has 2 atom stereocenters. The van der Waals surface area contributed by atoms with Crippen LogP contribution in [0, 0.1) is 5.92 Å². The zero-order valence-electron chi connectivity index (χ0n) is 12.7. The predicted octanol–water partition coefficient (Wildman–Crippen LogP) is 4.26. The molecule has 1 aliphatic rings. The first-order valence-corrected chi connectivity index (χ1v) is 7.86. The van der Waals surface area contributed by atoms with Gasteiger partial charge < -0.3 is 5.32 Å². The van der Waals surface area contributed by atoms with Crippen LogP contribution in [-0.4, -0.2) is 11.0 Å². The van der Waals surface area contributed by atoms with Crippen LogP contribution >= 0.6 is 0 Å². The molecule has 1 N–H and O–H groups in total. The number of aryl methyl sites for hydroxylation is 1. The first-order chi connectivity index (χ1) is 9.16. The van der Waals surface area contributed by atoms with Crippen molar-refractivity contribution in [3.63, 3.8) is 0 Å². The molecule has 0 radical (unpaired) electrons. The van der Waals surface area contributed by atoms with E-state index in [0.717, 1.165) is 5.92 Å². The summed E-state index contributed by atoms with van der Waals surface area (Å²) in [7, 11) is 0. The Morgan fingerprint density at radius 2 is 2.16 bits per heavy atom. The Balaban J connectivity index is 1.86. The maximum Gasteiger partial charge on any atom is 0.0605 e. The lowest BCUT2D eigenvalue weighted by atomic mass is 9.91. The third kappa shape index (κ3) is 4.31. The molecule has 0 saturated carbocycles. The second kappa shape index (κ2) is 7.04. The third-order valence-electron chi connectivity index (χ3n) is 4.10. The van der Waals surface area contributed by atoms with Crippen molar-refractivity contribution in [2.75, 3.05) is 0 Å². The van der Waals surface area contributed by atoms with Crippen LogP contribution in [-0.2, 0) is 6.42 Å². The minimum Gasteiger partial charge on any atom is -0.306 e. The van der Waals surface area contributed by atoms with Gasteiger partial charge in [0.25, 0.3) is 0 Å². The number of nitrogens with zero attached hydrogens (tertiary/aromatic N) is 1. The number of fused-ring (bicyclic) bond motifs is 1. The van der Waals surface area contributed by atoms with Gasteiger partial charge in [-0.05, 0) is 50.2 Å². The molecule has 106 valence electrons. The number of nitrogens with one attached hydrogen (secondary N) is 1. The van der Waals surface area contributed by atoms with Gasteiger partial charge in [-0.25, -0.2) is 0 Å². The van der Waals surface area contributed by atoms with E-state index in [9.17, 15) is 0 Å². The number of pyridine rings is 1. The van der Waals surface area contributed by atoms with E-state index in [1.54, 1.807) is 0 Å². The molecular formula is C17H28N2. The van der Waals surface area contributed by atoms with E-state index in [4.69, 9.17) is 0 Å². The minimum atomic E-state index is 0.471. The monoisotopic (exact) mass is 260 g/mol. The van der Waals surface area contributed by atoms with E-state index in [-0.39, 0.29) is 0 Å². The zero-order valence-corrected chi connectivity index (χ0v) is 12.7. The van der Waals surface area contributed by atoms with Gasteiger partial charge in [0, 0.05) is 18.3 Å². The van der Waals surface area contributed by atoms with Crippen LogP contribution in [0.3, 0.4) is 0 Å². The van der Waals surface area contributed by atoms with Crippen molar-refractivity contribution in [1.82, 2.24) is 10.3 Å². The van der Waals surface area contributed by atoms with E-state index >= 15 is 0 Å². The van der Waals surface area contributed by atoms with E-state index in [1.165, 1.54) is 49.8 Å². The van der Waals surface area contributed by atoms with Crippen molar-refractivity contribution in [3.8, 4) is 0 Å². The molecule has 0 amide bonds. The fraction of sp³-hybridized carbons (Fsp3) is 0.706. The average molecular weight is 260 g/mol. The summed E-state index contributed by atoms with van der Waals surface area (Å²) in [4.78, 5) is 4.60. The van der Waals surface area contributed by atoms with Gasteiger partial charge in [0.1, 0.15) is 0 Å². The summed E-state index contributed by atoms with van der Waals surface area (Å²) in [6.07, 6.45) is 9.59. The van der Waals surface area contributed by atoms with E-state index in [0.29, 0.717) is 12.1 Å². The Morgan fingerprint density at radius 3 is 2.95 bits per heavy atom. The largest absolute Gasteiger partial charge is 0.306 e. The molecule has 1 aliphatic carbocycles. The SMILES string of the molecule is CC(C)CCCC(C)NC1CCCc2cccnc21. The molecule has 0 spiro atoms. The summed E-state index contributed by atoms with van der Waals surface area (Å²) in [5.41, 5.74) is 2.74. The first kappa shape index (κ1) is 14.5. The van der Waals surface area contributed by atoms with Gasteiger partial charge in [0.15, 0.2) is 0 Å². The Bertz CT molecular complexity index is 387. The second-order valence-corrected chi connectivity index (χ2v) is 6.39. The highest BCUT2D eigenvalue weighted by Crippen LogP contribution is 2.28. The molecule has 0 aliphatic heterocycles. The average Bonchev–Trinajstić information content (AvgIpc) is 2.39. The highest BCUT2D eigenvalue weighted by atomic mass is 15.0. The molecule has 0 aromatic carbocycles. The lowest BCUT2D eigenvalue weighted by Gasteiger charge is -2.28. The minimum absolute atomic E-state index is 0.471. The Morgan fingerprint density at radius 1 is 1.32 bits per heavy atom. The summed E-state index contributed by atoms with van der Waals surface area (Å²) in [5.74, 6) is 0.823. The smallest absolute Gasteiger partial charge is 0.0605 e. The molecule has 0 fully saturated rings. The van der Waals surface area contributed by atoms with Crippen LogP contribution in [0.2, 0.25) is 0 Å². The first-order valence-electron chi connectivity index (χ1n) is 7.86. The number of hydrogen-bond acceptors (Lipinski definition) is 2. The Labute approximate surface area is 118 Å². The van der Waals surface area contributed by atoms with Crippen LogP contribution in [0.5, 0.6) is 0 Å². The molecule has 2 unspecified atom stereocenters. The van der Waals surface area contributed by atoms with Crippen LogP contribution < -0.4 is 5.32 Å². The van der Waals surface area contributed by atoms with Gasteiger partial charge >= 0.3 is 0 Å². The van der Waals surface area contributed by atoms with Gasteiger partial charge in [-0.3, -0.25) is 4.98 Å². The van der Waals surface area contributed by atoms with Crippen LogP contribution in [0.25, 0.3) is 0 Å². The number of rotatable bonds is 6. The number of hydrogen-bond donors (Lipinski definition) is 1. The summed E-state index contributed by atoms with van der Waals surface area (Å²) >= 11 is 0. The molecular weight excluding hydrogens is 232 g/mol. The Kier molecular flexibility index (Phi) is 5.38. The lowest BCUT2D eigenvalue weighted by molar-refractivity contribution is 0.374. The molecule has 0 bridgehead atoms. The maximum absolute atomic E-state index is 4.60. The van der Waals surface area contributed by atoms with E-state index in [1.807, 2.05) is 6.20 Å². The summed E-state index contributed by atoms with van der Waals surface area (Å²) in [6.45, 7) is 6.93. The highest BCUT2D eigenvalue weighted by molar-refractivity contribution is 5.25. The van der Waals surface area contributed by atoms with Crippen LogP contribution in [0.15, 0.2) is 18.3 Å². The molecule has 1 aromatic heterocycles. The molecule has 2 heteroatoms. The van der Waals surface area contributed by atoms with Gasteiger partial charge in [-0.1, -0.05) is 32.8 Å². The fourth-order valence-corrected chi connectivity index (χ4v) is 3.03. The number of aromatic nitrogens is 1. The van der Waals surface area contributed by atoms with Crippen LogP contribution in [0.1, 0.15) is 70.2 Å². The second-order valence-electron chi connectivity index (χ2n) is 6.39. The maximum atomic E-state index is 4.60. The van der Waals surface area contributed by atoms with E-state index in [2.05, 4.69) is 43.2 Å². The van der Waals surface area contributed by atoms with Gasteiger partial charge in [-0.15, -0.1) is 0 Å². The van der Waals surface area contributed by atoms with Crippen molar-refractivity contribution in [2.45, 2.75) is 71.4 Å². The van der Waals surface area contributed by atoms with Crippen molar-refractivity contribution in [1.29, 1.82) is 0 Å².